The summed E-state index contributed by atoms with van der Waals surface area (Å²) in [6, 6.07) is 13.1. The molecule has 2 aromatic carbocycles. The molecule has 0 saturated heterocycles. The van der Waals surface area contributed by atoms with Crippen molar-refractivity contribution in [2.24, 2.45) is 0 Å². The molecule has 0 radical (unpaired) electrons. The van der Waals surface area contributed by atoms with E-state index in [1.54, 1.807) is 17.9 Å². The second kappa shape index (κ2) is 12.3. The summed E-state index contributed by atoms with van der Waals surface area (Å²) in [5, 5.41) is 5.95. The fourth-order valence-electron chi connectivity index (χ4n) is 4.27. The molecule has 0 atom stereocenters. The van der Waals surface area contributed by atoms with Gasteiger partial charge in [-0.05, 0) is 53.6 Å². The largest absolute Gasteiger partial charge is 0.496 e. The van der Waals surface area contributed by atoms with Gasteiger partial charge in [0, 0.05) is 34.0 Å². The molecule has 7 heteroatoms. The summed E-state index contributed by atoms with van der Waals surface area (Å²) in [5.41, 5.74) is 4.19. The molecule has 0 aliphatic carbocycles. The number of rotatable bonds is 9. The lowest BCUT2D eigenvalue weighted by Crippen LogP contribution is -2.29. The smallest absolute Gasteiger partial charge is 0.323 e. The maximum absolute atomic E-state index is 13.6. The SMILES string of the molecule is CCCCn1ccc(-c2cc(Br)ccc2OC)c(NC(=O)Nc2c(C(C)C)cccc2C(C)C)c1=O. The van der Waals surface area contributed by atoms with Gasteiger partial charge >= 0.3 is 6.03 Å². The molecule has 3 rings (SSSR count). The topological polar surface area (TPSA) is 72.4 Å². The minimum atomic E-state index is -0.453. The Morgan fingerprint density at radius 3 is 2.19 bits per heavy atom. The second-order valence-corrected chi connectivity index (χ2v) is 10.4. The molecule has 3 aromatic rings. The number of ether oxygens (including phenoxy) is 1. The lowest BCUT2D eigenvalue weighted by molar-refractivity contribution is 0.262. The minimum Gasteiger partial charge on any atom is -0.496 e. The van der Waals surface area contributed by atoms with Crippen molar-refractivity contribution in [1.29, 1.82) is 0 Å². The Balaban J connectivity index is 2.09. The predicted molar refractivity (Wildman–Crippen MR) is 153 cm³/mol. The van der Waals surface area contributed by atoms with Crippen molar-refractivity contribution in [1.82, 2.24) is 4.57 Å². The van der Waals surface area contributed by atoms with Crippen molar-refractivity contribution in [3.63, 3.8) is 0 Å². The average Bonchev–Trinajstić information content (AvgIpc) is 2.84. The first-order chi connectivity index (χ1) is 17.2. The molecule has 2 N–H and O–H groups in total. The Labute approximate surface area is 222 Å². The summed E-state index contributed by atoms with van der Waals surface area (Å²) >= 11 is 3.51. The summed E-state index contributed by atoms with van der Waals surface area (Å²) in [4.78, 5) is 27.0. The molecular formula is C29H36BrN3O3. The van der Waals surface area contributed by atoms with E-state index in [0.717, 1.165) is 34.1 Å². The van der Waals surface area contributed by atoms with Gasteiger partial charge in [-0.2, -0.15) is 0 Å². The number of nitrogens with one attached hydrogen (secondary N) is 2. The Morgan fingerprint density at radius 1 is 0.972 bits per heavy atom. The number of hydrogen-bond acceptors (Lipinski definition) is 3. The number of urea groups is 1. The number of nitrogens with zero attached hydrogens (tertiary/aromatic N) is 1. The number of benzene rings is 2. The summed E-state index contributed by atoms with van der Waals surface area (Å²) in [5.74, 6) is 1.06. The zero-order valence-corrected chi connectivity index (χ0v) is 23.5. The van der Waals surface area contributed by atoms with Gasteiger partial charge in [0.15, 0.2) is 0 Å². The zero-order chi connectivity index (χ0) is 26.4. The molecule has 6 nitrogen and oxygen atoms in total. The molecular weight excluding hydrogens is 518 g/mol. The summed E-state index contributed by atoms with van der Waals surface area (Å²) in [7, 11) is 1.59. The van der Waals surface area contributed by atoms with Crippen LogP contribution in [0.25, 0.3) is 11.1 Å². The van der Waals surface area contributed by atoms with Crippen molar-refractivity contribution < 1.29 is 9.53 Å². The fraction of sp³-hybridized carbons (Fsp3) is 0.379. The molecule has 2 amide bonds. The van der Waals surface area contributed by atoms with Crippen LogP contribution in [-0.4, -0.2) is 17.7 Å². The third kappa shape index (κ3) is 6.19. The number of aryl methyl sites for hydroxylation is 1. The Hall–Kier alpha value is -3.06. The zero-order valence-electron chi connectivity index (χ0n) is 21.9. The number of unbranched alkanes of at least 4 members (excludes halogenated alkanes) is 1. The van der Waals surface area contributed by atoms with Gasteiger partial charge in [0.25, 0.3) is 5.56 Å². The normalized spacial score (nSPS) is 11.1. The minimum absolute atomic E-state index is 0.218. The summed E-state index contributed by atoms with van der Waals surface area (Å²) in [6.45, 7) is 11.1. The number of anilines is 2. The lowest BCUT2D eigenvalue weighted by Gasteiger charge is -2.21. The standard InChI is InChI=1S/C29H36BrN3O3/c1-7-8-15-33-16-14-23(24-17-20(30)12-13-25(24)36-6)27(28(33)34)32-29(35)31-26-21(18(2)3)10-9-11-22(26)19(4)5/h9-14,16-19H,7-8,15H2,1-6H3,(H2,31,32,35). The molecule has 0 aliphatic rings. The molecule has 0 unspecified atom stereocenters. The Morgan fingerprint density at radius 2 is 1.61 bits per heavy atom. The number of amides is 2. The first-order valence-electron chi connectivity index (χ1n) is 12.5. The van der Waals surface area contributed by atoms with Gasteiger partial charge in [0.1, 0.15) is 11.4 Å². The van der Waals surface area contributed by atoms with Gasteiger partial charge in [0.2, 0.25) is 0 Å². The quantitative estimate of drug-likeness (QED) is 0.282. The van der Waals surface area contributed by atoms with Gasteiger partial charge in [0.05, 0.1) is 7.11 Å². The number of halogens is 1. The highest BCUT2D eigenvalue weighted by Gasteiger charge is 2.20. The Bertz CT molecular complexity index is 1250. The lowest BCUT2D eigenvalue weighted by atomic mass is 9.93. The second-order valence-electron chi connectivity index (χ2n) is 9.50. The molecule has 0 bridgehead atoms. The van der Waals surface area contributed by atoms with Crippen LogP contribution in [0.1, 0.15) is 70.4 Å². The van der Waals surface area contributed by atoms with Crippen LogP contribution in [0.2, 0.25) is 0 Å². The van der Waals surface area contributed by atoms with Crippen molar-refractivity contribution in [3.05, 3.63) is 74.6 Å². The predicted octanol–water partition coefficient (Wildman–Crippen LogP) is 7.98. The third-order valence-electron chi connectivity index (χ3n) is 6.22. The van der Waals surface area contributed by atoms with E-state index in [2.05, 4.69) is 61.2 Å². The van der Waals surface area contributed by atoms with Crippen LogP contribution in [0.5, 0.6) is 5.75 Å². The molecule has 0 aliphatic heterocycles. The highest BCUT2D eigenvalue weighted by atomic mass is 79.9. The van der Waals surface area contributed by atoms with E-state index in [1.165, 1.54) is 0 Å². The monoisotopic (exact) mass is 553 g/mol. The van der Waals surface area contributed by atoms with Gasteiger partial charge in [-0.25, -0.2) is 4.79 Å². The molecule has 1 aromatic heterocycles. The van der Waals surface area contributed by atoms with Crippen LogP contribution in [0.4, 0.5) is 16.2 Å². The van der Waals surface area contributed by atoms with Crippen LogP contribution in [0, 0.1) is 0 Å². The Kier molecular flexibility index (Phi) is 9.37. The van der Waals surface area contributed by atoms with Gasteiger partial charge in [-0.1, -0.05) is 75.2 Å². The molecule has 36 heavy (non-hydrogen) atoms. The summed E-state index contributed by atoms with van der Waals surface area (Å²) < 4.78 is 8.06. The van der Waals surface area contributed by atoms with E-state index in [0.29, 0.717) is 23.4 Å². The van der Waals surface area contributed by atoms with E-state index in [1.807, 2.05) is 42.5 Å². The number of carbonyl (C=O) groups is 1. The van der Waals surface area contributed by atoms with Crippen molar-refractivity contribution in [3.8, 4) is 16.9 Å². The van der Waals surface area contributed by atoms with E-state index in [-0.39, 0.29) is 23.1 Å². The van der Waals surface area contributed by atoms with Crippen molar-refractivity contribution in [2.75, 3.05) is 17.7 Å². The molecule has 0 saturated carbocycles. The summed E-state index contributed by atoms with van der Waals surface area (Å²) in [6.07, 6.45) is 3.60. The molecule has 1 heterocycles. The number of para-hydroxylation sites is 1. The number of aromatic nitrogens is 1. The molecule has 192 valence electrons. The van der Waals surface area contributed by atoms with E-state index in [4.69, 9.17) is 4.74 Å². The maximum atomic E-state index is 13.6. The first kappa shape index (κ1) is 27.5. The van der Waals surface area contributed by atoms with Crippen LogP contribution in [-0.2, 0) is 6.54 Å². The third-order valence-corrected chi connectivity index (χ3v) is 6.71. The number of pyridine rings is 1. The average molecular weight is 555 g/mol. The fourth-order valence-corrected chi connectivity index (χ4v) is 4.63. The van der Waals surface area contributed by atoms with Crippen LogP contribution in [0.3, 0.4) is 0 Å². The van der Waals surface area contributed by atoms with Crippen LogP contribution >= 0.6 is 15.9 Å². The van der Waals surface area contributed by atoms with Crippen molar-refractivity contribution >= 4 is 33.3 Å². The van der Waals surface area contributed by atoms with E-state index < -0.39 is 6.03 Å². The number of methoxy groups -OCH3 is 1. The van der Waals surface area contributed by atoms with Gasteiger partial charge in [-0.15, -0.1) is 0 Å². The van der Waals surface area contributed by atoms with Gasteiger partial charge in [-0.3, -0.25) is 4.79 Å². The number of carbonyl (C=O) groups excluding carboxylic acids is 1. The van der Waals surface area contributed by atoms with Crippen LogP contribution < -0.4 is 20.9 Å². The molecule has 0 spiro atoms. The highest BCUT2D eigenvalue weighted by Crippen LogP contribution is 2.36. The van der Waals surface area contributed by atoms with E-state index >= 15 is 0 Å². The number of hydrogen-bond donors (Lipinski definition) is 2. The highest BCUT2D eigenvalue weighted by molar-refractivity contribution is 9.10. The maximum Gasteiger partial charge on any atom is 0.323 e. The van der Waals surface area contributed by atoms with Gasteiger partial charge < -0.3 is 19.9 Å². The first-order valence-corrected chi connectivity index (χ1v) is 13.2. The van der Waals surface area contributed by atoms with Crippen LogP contribution in [0.15, 0.2) is 57.9 Å². The molecule has 0 fully saturated rings. The van der Waals surface area contributed by atoms with Crippen molar-refractivity contribution in [2.45, 2.75) is 65.8 Å². The van der Waals surface area contributed by atoms with E-state index in [9.17, 15) is 9.59 Å².